The summed E-state index contributed by atoms with van der Waals surface area (Å²) in [7, 11) is 0. The van der Waals surface area contributed by atoms with Crippen LogP contribution in [0.3, 0.4) is 0 Å². The van der Waals surface area contributed by atoms with Crippen LogP contribution in [0, 0.1) is 0 Å². The van der Waals surface area contributed by atoms with Gasteiger partial charge in [-0.1, -0.05) is 54.6 Å². The van der Waals surface area contributed by atoms with Crippen molar-refractivity contribution in [2.75, 3.05) is 0 Å². The Morgan fingerprint density at radius 3 is 1.67 bits per heavy atom. The number of hydrogen-bond acceptors (Lipinski definition) is 1. The maximum absolute atomic E-state index is 12.9. The van der Waals surface area contributed by atoms with Crippen LogP contribution >= 0.6 is 0 Å². The molecule has 0 bridgehead atoms. The van der Waals surface area contributed by atoms with Crippen LogP contribution in [0.25, 0.3) is 21.8 Å². The number of nitrogens with zero attached hydrogens (tertiary/aromatic N) is 1. The van der Waals surface area contributed by atoms with Crippen molar-refractivity contribution in [2.45, 2.75) is 0 Å². The smallest absolute Gasteiger partial charge is 0.262 e. The van der Waals surface area contributed by atoms with Crippen LogP contribution in [-0.2, 0) is 0 Å². The number of aromatic nitrogens is 1. The van der Waals surface area contributed by atoms with Gasteiger partial charge >= 0.3 is 0 Å². The second-order valence-electron chi connectivity index (χ2n) is 5.04. The minimum absolute atomic E-state index is 0.00741. The van der Waals surface area contributed by atoms with Gasteiger partial charge in [0.2, 0.25) is 0 Å². The lowest BCUT2D eigenvalue weighted by atomic mass is 10.2. The van der Waals surface area contributed by atoms with Gasteiger partial charge in [-0.2, -0.15) is 0 Å². The summed E-state index contributed by atoms with van der Waals surface area (Å²) >= 11 is 0. The molecule has 0 aliphatic carbocycles. The molecule has 0 spiro atoms. The van der Waals surface area contributed by atoms with Gasteiger partial charge in [0.05, 0.1) is 11.0 Å². The molecule has 100 valence electrons. The minimum atomic E-state index is 0.00741. The molecule has 0 fully saturated rings. The molecule has 4 aromatic rings. The highest BCUT2D eigenvalue weighted by atomic mass is 16.2. The Labute approximate surface area is 122 Å². The maximum Gasteiger partial charge on any atom is 0.262 e. The van der Waals surface area contributed by atoms with Gasteiger partial charge in [-0.3, -0.25) is 9.36 Å². The van der Waals surface area contributed by atoms with Crippen LogP contribution < -0.4 is 0 Å². The van der Waals surface area contributed by atoms with E-state index in [2.05, 4.69) is 12.1 Å². The molecule has 0 aliphatic heterocycles. The summed E-state index contributed by atoms with van der Waals surface area (Å²) in [5.41, 5.74) is 2.60. The average Bonchev–Trinajstić information content (AvgIpc) is 2.90. The van der Waals surface area contributed by atoms with E-state index in [0.29, 0.717) is 5.56 Å². The van der Waals surface area contributed by atoms with E-state index in [4.69, 9.17) is 0 Å². The first-order valence-corrected chi connectivity index (χ1v) is 6.94. The highest BCUT2D eigenvalue weighted by Crippen LogP contribution is 2.29. The number of fused-ring (bicyclic) bond motifs is 3. The summed E-state index contributed by atoms with van der Waals surface area (Å²) < 4.78 is 1.81. The first-order valence-electron chi connectivity index (χ1n) is 6.94. The topological polar surface area (TPSA) is 22.0 Å². The van der Waals surface area contributed by atoms with E-state index in [1.165, 1.54) is 0 Å². The summed E-state index contributed by atoms with van der Waals surface area (Å²) in [5.74, 6) is 0.00741. The third-order valence-electron chi connectivity index (χ3n) is 3.80. The highest BCUT2D eigenvalue weighted by Gasteiger charge is 2.16. The van der Waals surface area contributed by atoms with Crippen LogP contribution in [0.2, 0.25) is 0 Å². The molecule has 2 nitrogen and oxygen atoms in total. The summed E-state index contributed by atoms with van der Waals surface area (Å²) in [6, 6.07) is 25.5. The number of para-hydroxylation sites is 2. The lowest BCUT2D eigenvalue weighted by Crippen LogP contribution is -2.11. The molecule has 0 unspecified atom stereocenters. The van der Waals surface area contributed by atoms with Gasteiger partial charge in [0.1, 0.15) is 0 Å². The van der Waals surface area contributed by atoms with Gasteiger partial charge in [0.15, 0.2) is 0 Å². The summed E-state index contributed by atoms with van der Waals surface area (Å²) in [6.45, 7) is 0. The molecule has 1 aromatic heterocycles. The standard InChI is InChI=1S/C19H13NO/c21-19(14-8-2-1-3-9-14)20-17-12-6-4-10-15(17)16-11-5-7-13-18(16)20/h1-13H. The van der Waals surface area contributed by atoms with E-state index in [0.717, 1.165) is 21.8 Å². The van der Waals surface area contributed by atoms with Crippen LogP contribution in [0.1, 0.15) is 10.4 Å². The second-order valence-corrected chi connectivity index (χ2v) is 5.04. The van der Waals surface area contributed by atoms with Gasteiger partial charge in [0.25, 0.3) is 5.91 Å². The number of benzene rings is 3. The van der Waals surface area contributed by atoms with Crippen molar-refractivity contribution in [1.29, 1.82) is 0 Å². The van der Waals surface area contributed by atoms with Gasteiger partial charge in [-0.15, -0.1) is 0 Å². The molecule has 0 amide bonds. The van der Waals surface area contributed by atoms with Crippen LogP contribution in [-0.4, -0.2) is 10.5 Å². The Bertz CT molecular complexity index is 898. The van der Waals surface area contributed by atoms with Crippen molar-refractivity contribution in [3.8, 4) is 0 Å². The number of carbonyl (C=O) groups is 1. The molecular weight excluding hydrogens is 258 g/mol. The van der Waals surface area contributed by atoms with E-state index in [-0.39, 0.29) is 5.91 Å². The van der Waals surface area contributed by atoms with Gasteiger partial charge < -0.3 is 0 Å². The van der Waals surface area contributed by atoms with Crippen LogP contribution in [0.15, 0.2) is 78.9 Å². The van der Waals surface area contributed by atoms with Gasteiger partial charge in [-0.05, 0) is 24.3 Å². The molecule has 0 N–H and O–H groups in total. The molecule has 0 radical (unpaired) electrons. The Morgan fingerprint density at radius 2 is 1.10 bits per heavy atom. The van der Waals surface area contributed by atoms with Crippen molar-refractivity contribution in [2.24, 2.45) is 0 Å². The zero-order chi connectivity index (χ0) is 14.2. The molecule has 4 rings (SSSR count). The lowest BCUT2D eigenvalue weighted by molar-refractivity contribution is 0.0969. The molecule has 0 aliphatic rings. The van der Waals surface area contributed by atoms with Crippen molar-refractivity contribution >= 4 is 27.7 Å². The molecule has 0 saturated heterocycles. The monoisotopic (exact) mass is 271 g/mol. The summed E-state index contributed by atoms with van der Waals surface area (Å²) in [6.07, 6.45) is 0. The Hall–Kier alpha value is -2.87. The fourth-order valence-corrected chi connectivity index (χ4v) is 2.85. The number of hydrogen-bond donors (Lipinski definition) is 0. The van der Waals surface area contributed by atoms with Crippen LogP contribution in [0.4, 0.5) is 0 Å². The first-order chi connectivity index (χ1) is 10.4. The minimum Gasteiger partial charge on any atom is -0.276 e. The van der Waals surface area contributed by atoms with Crippen molar-refractivity contribution < 1.29 is 4.79 Å². The average molecular weight is 271 g/mol. The van der Waals surface area contributed by atoms with Gasteiger partial charge in [-0.25, -0.2) is 0 Å². The Kier molecular flexibility index (Phi) is 2.61. The van der Waals surface area contributed by atoms with E-state index in [1.807, 2.05) is 66.7 Å². The molecule has 0 saturated carbocycles. The number of carbonyl (C=O) groups excluding carboxylic acids is 1. The zero-order valence-corrected chi connectivity index (χ0v) is 11.4. The summed E-state index contributed by atoms with van der Waals surface area (Å²) in [5, 5.41) is 2.22. The van der Waals surface area contributed by atoms with E-state index >= 15 is 0 Å². The van der Waals surface area contributed by atoms with E-state index in [9.17, 15) is 4.79 Å². The Balaban J connectivity index is 2.09. The summed E-state index contributed by atoms with van der Waals surface area (Å²) in [4.78, 5) is 12.9. The molecule has 0 atom stereocenters. The number of rotatable bonds is 1. The van der Waals surface area contributed by atoms with E-state index in [1.54, 1.807) is 4.57 Å². The quantitative estimate of drug-likeness (QED) is 0.500. The molecule has 3 aromatic carbocycles. The van der Waals surface area contributed by atoms with Crippen molar-refractivity contribution in [1.82, 2.24) is 4.57 Å². The largest absolute Gasteiger partial charge is 0.276 e. The van der Waals surface area contributed by atoms with Crippen molar-refractivity contribution in [3.05, 3.63) is 84.4 Å². The highest BCUT2D eigenvalue weighted by molar-refractivity contribution is 6.16. The van der Waals surface area contributed by atoms with Gasteiger partial charge in [0, 0.05) is 16.3 Å². The SMILES string of the molecule is O=C(c1ccccc1)n1c2ccccc2c2ccccc21. The molecule has 1 heterocycles. The molecule has 2 heteroatoms. The van der Waals surface area contributed by atoms with Crippen LogP contribution in [0.5, 0.6) is 0 Å². The third-order valence-corrected chi connectivity index (χ3v) is 3.80. The first kappa shape index (κ1) is 11.9. The predicted molar refractivity (Wildman–Crippen MR) is 85.6 cm³/mol. The molecular formula is C19H13NO. The fourth-order valence-electron chi connectivity index (χ4n) is 2.85. The predicted octanol–water partition coefficient (Wildman–Crippen LogP) is 4.48. The third kappa shape index (κ3) is 1.77. The second kappa shape index (κ2) is 4.60. The maximum atomic E-state index is 12.9. The lowest BCUT2D eigenvalue weighted by Gasteiger charge is -2.05. The fraction of sp³-hybridized carbons (Fsp3) is 0. The molecule has 21 heavy (non-hydrogen) atoms. The van der Waals surface area contributed by atoms with Crippen molar-refractivity contribution in [3.63, 3.8) is 0 Å². The normalized spacial score (nSPS) is 11.0. The Morgan fingerprint density at radius 1 is 0.619 bits per heavy atom. The van der Waals surface area contributed by atoms with E-state index < -0.39 is 0 Å². The zero-order valence-electron chi connectivity index (χ0n) is 11.4.